The molecule has 0 bridgehead atoms. The van der Waals surface area contributed by atoms with Gasteiger partial charge in [-0.05, 0) is 12.1 Å². The molecule has 76 valence electrons. The smallest absolute Gasteiger partial charge is 0.314 e. The Kier molecular flexibility index (Phi) is 1.89. The zero-order valence-electron chi connectivity index (χ0n) is 7.53. The van der Waals surface area contributed by atoms with Gasteiger partial charge < -0.3 is 15.7 Å². The molecule has 0 radical (unpaired) electrons. The standard InChI is InChI=1S/C9H7N3O3/c10-7(13)4-2-1-3-5-6(4)12-9(15)8(14)11-5/h1-3H,(H2,10,13)(H,11,14)(H,12,15). The maximum Gasteiger partial charge on any atom is 0.314 e. The van der Waals surface area contributed by atoms with Gasteiger partial charge in [0.05, 0.1) is 16.6 Å². The summed E-state index contributed by atoms with van der Waals surface area (Å²) in [6.07, 6.45) is 0. The van der Waals surface area contributed by atoms with Gasteiger partial charge in [-0.25, -0.2) is 0 Å². The highest BCUT2D eigenvalue weighted by atomic mass is 16.2. The number of amides is 1. The molecule has 1 aromatic carbocycles. The molecular weight excluding hydrogens is 198 g/mol. The predicted octanol–water partition coefficient (Wildman–Crippen LogP) is -0.685. The number of aromatic nitrogens is 2. The van der Waals surface area contributed by atoms with Crippen LogP contribution in [-0.4, -0.2) is 15.9 Å². The van der Waals surface area contributed by atoms with Crippen molar-refractivity contribution in [3.63, 3.8) is 0 Å². The molecule has 0 aliphatic rings. The molecule has 1 heterocycles. The fourth-order valence-corrected chi connectivity index (χ4v) is 1.35. The lowest BCUT2D eigenvalue weighted by Crippen LogP contribution is -2.29. The summed E-state index contributed by atoms with van der Waals surface area (Å²) in [5, 5.41) is 0. The van der Waals surface area contributed by atoms with Gasteiger partial charge in [-0.15, -0.1) is 0 Å². The second-order valence-electron chi connectivity index (χ2n) is 3.00. The molecule has 0 saturated carbocycles. The van der Waals surface area contributed by atoms with Crippen LogP contribution in [0.2, 0.25) is 0 Å². The lowest BCUT2D eigenvalue weighted by molar-refractivity contribution is 0.100. The number of H-pyrrole nitrogens is 2. The van der Waals surface area contributed by atoms with Crippen molar-refractivity contribution in [3.05, 3.63) is 44.5 Å². The Morgan fingerprint density at radius 1 is 1.13 bits per heavy atom. The Balaban J connectivity index is 2.98. The highest BCUT2D eigenvalue weighted by molar-refractivity contribution is 6.03. The number of hydrogen-bond acceptors (Lipinski definition) is 3. The first-order valence-electron chi connectivity index (χ1n) is 4.15. The van der Waals surface area contributed by atoms with Gasteiger partial charge >= 0.3 is 11.1 Å². The van der Waals surface area contributed by atoms with E-state index < -0.39 is 17.0 Å². The van der Waals surface area contributed by atoms with E-state index in [0.29, 0.717) is 5.52 Å². The molecule has 0 saturated heterocycles. The van der Waals surface area contributed by atoms with Crippen molar-refractivity contribution >= 4 is 16.9 Å². The number of nitrogens with one attached hydrogen (secondary N) is 2. The van der Waals surface area contributed by atoms with Crippen molar-refractivity contribution < 1.29 is 4.79 Å². The minimum atomic E-state index is -0.809. The van der Waals surface area contributed by atoms with Crippen molar-refractivity contribution in [2.24, 2.45) is 5.73 Å². The Bertz CT molecular complexity index is 653. The van der Waals surface area contributed by atoms with Crippen LogP contribution < -0.4 is 16.9 Å². The van der Waals surface area contributed by atoms with Crippen LogP contribution in [0, 0.1) is 0 Å². The minimum absolute atomic E-state index is 0.167. The average Bonchev–Trinajstić information content (AvgIpc) is 2.18. The number of carbonyl (C=O) groups excluding carboxylic acids is 1. The molecule has 6 nitrogen and oxygen atoms in total. The van der Waals surface area contributed by atoms with E-state index in [-0.39, 0.29) is 11.1 Å². The second kappa shape index (κ2) is 3.09. The van der Waals surface area contributed by atoms with Crippen LogP contribution in [0.1, 0.15) is 10.4 Å². The zero-order chi connectivity index (χ0) is 11.0. The Morgan fingerprint density at radius 3 is 2.47 bits per heavy atom. The average molecular weight is 205 g/mol. The molecule has 1 aromatic heterocycles. The molecule has 0 atom stereocenters. The number of aromatic amines is 2. The summed E-state index contributed by atoms with van der Waals surface area (Å²) in [6, 6.07) is 4.61. The predicted molar refractivity (Wildman–Crippen MR) is 53.7 cm³/mol. The first kappa shape index (κ1) is 9.20. The topological polar surface area (TPSA) is 109 Å². The maximum absolute atomic E-state index is 11.1. The number of benzene rings is 1. The first-order valence-corrected chi connectivity index (χ1v) is 4.15. The number of primary amides is 1. The highest BCUT2D eigenvalue weighted by Gasteiger charge is 2.08. The number of hydrogen-bond donors (Lipinski definition) is 3. The van der Waals surface area contributed by atoms with Gasteiger partial charge in [0.1, 0.15) is 0 Å². The Hall–Kier alpha value is -2.37. The van der Waals surface area contributed by atoms with Crippen LogP contribution in [0.15, 0.2) is 27.8 Å². The summed E-state index contributed by atoms with van der Waals surface area (Å²) in [5.74, 6) is -0.664. The first-order chi connectivity index (χ1) is 7.09. The molecule has 0 fully saturated rings. The molecule has 1 amide bonds. The summed E-state index contributed by atoms with van der Waals surface area (Å²) in [7, 11) is 0. The molecule has 2 rings (SSSR count). The number of para-hydroxylation sites is 1. The summed E-state index contributed by atoms with van der Waals surface area (Å²) >= 11 is 0. The third-order valence-electron chi connectivity index (χ3n) is 2.02. The lowest BCUT2D eigenvalue weighted by atomic mass is 10.1. The molecule has 0 unspecified atom stereocenters. The van der Waals surface area contributed by atoms with E-state index >= 15 is 0 Å². The maximum atomic E-state index is 11.1. The van der Waals surface area contributed by atoms with Gasteiger partial charge in [-0.3, -0.25) is 14.4 Å². The van der Waals surface area contributed by atoms with E-state index in [1.54, 1.807) is 12.1 Å². The molecule has 0 spiro atoms. The van der Waals surface area contributed by atoms with Gasteiger partial charge in [0.2, 0.25) is 0 Å². The highest BCUT2D eigenvalue weighted by Crippen LogP contribution is 2.10. The molecule has 2 aromatic rings. The number of rotatable bonds is 1. The van der Waals surface area contributed by atoms with Crippen LogP contribution in [-0.2, 0) is 0 Å². The van der Waals surface area contributed by atoms with Gasteiger partial charge in [0.15, 0.2) is 0 Å². The monoisotopic (exact) mass is 205 g/mol. The summed E-state index contributed by atoms with van der Waals surface area (Å²) in [5.41, 5.74) is 4.33. The van der Waals surface area contributed by atoms with Crippen LogP contribution in [0.25, 0.3) is 11.0 Å². The normalized spacial score (nSPS) is 10.4. The third kappa shape index (κ3) is 1.41. The summed E-state index contributed by atoms with van der Waals surface area (Å²) in [4.78, 5) is 37.7. The molecule has 0 aliphatic heterocycles. The molecule has 0 aliphatic carbocycles. The Morgan fingerprint density at radius 2 is 1.80 bits per heavy atom. The quantitative estimate of drug-likeness (QED) is 0.536. The lowest BCUT2D eigenvalue weighted by Gasteiger charge is -2.01. The summed E-state index contributed by atoms with van der Waals surface area (Å²) in [6.45, 7) is 0. The van der Waals surface area contributed by atoms with E-state index in [4.69, 9.17) is 5.73 Å². The molecule has 4 N–H and O–H groups in total. The van der Waals surface area contributed by atoms with Crippen LogP contribution in [0.3, 0.4) is 0 Å². The van der Waals surface area contributed by atoms with Crippen molar-refractivity contribution in [2.45, 2.75) is 0 Å². The third-order valence-corrected chi connectivity index (χ3v) is 2.02. The SMILES string of the molecule is NC(=O)c1cccc2[nH]c(=O)c(=O)[nH]c12. The fourth-order valence-electron chi connectivity index (χ4n) is 1.35. The van der Waals surface area contributed by atoms with E-state index in [2.05, 4.69) is 9.97 Å². The van der Waals surface area contributed by atoms with Crippen molar-refractivity contribution in [3.8, 4) is 0 Å². The van der Waals surface area contributed by atoms with Gasteiger partial charge in [0.25, 0.3) is 5.91 Å². The molecule has 15 heavy (non-hydrogen) atoms. The van der Waals surface area contributed by atoms with Crippen molar-refractivity contribution in [1.82, 2.24) is 9.97 Å². The fraction of sp³-hybridized carbons (Fsp3) is 0. The number of carbonyl (C=O) groups is 1. The molecule has 6 heteroatoms. The van der Waals surface area contributed by atoms with Gasteiger partial charge in [-0.2, -0.15) is 0 Å². The zero-order valence-corrected chi connectivity index (χ0v) is 7.53. The van der Waals surface area contributed by atoms with Crippen molar-refractivity contribution in [1.29, 1.82) is 0 Å². The van der Waals surface area contributed by atoms with E-state index in [9.17, 15) is 14.4 Å². The van der Waals surface area contributed by atoms with Crippen LogP contribution in [0.5, 0.6) is 0 Å². The van der Waals surface area contributed by atoms with Crippen molar-refractivity contribution in [2.75, 3.05) is 0 Å². The van der Waals surface area contributed by atoms with Gasteiger partial charge in [0, 0.05) is 0 Å². The second-order valence-corrected chi connectivity index (χ2v) is 3.00. The van der Waals surface area contributed by atoms with E-state index in [0.717, 1.165) is 0 Å². The number of fused-ring (bicyclic) bond motifs is 1. The van der Waals surface area contributed by atoms with Gasteiger partial charge in [-0.1, -0.05) is 6.07 Å². The largest absolute Gasteiger partial charge is 0.366 e. The van der Waals surface area contributed by atoms with Crippen LogP contribution in [0.4, 0.5) is 0 Å². The minimum Gasteiger partial charge on any atom is -0.366 e. The van der Waals surface area contributed by atoms with E-state index in [1.165, 1.54) is 6.07 Å². The Labute approximate surface area is 82.7 Å². The summed E-state index contributed by atoms with van der Waals surface area (Å²) < 4.78 is 0. The van der Waals surface area contributed by atoms with E-state index in [1.807, 2.05) is 0 Å². The number of nitrogens with two attached hydrogens (primary N) is 1. The van der Waals surface area contributed by atoms with Crippen LogP contribution >= 0.6 is 0 Å². The molecular formula is C9H7N3O3.